The van der Waals surface area contributed by atoms with Gasteiger partial charge in [0, 0.05) is 0 Å². The summed E-state index contributed by atoms with van der Waals surface area (Å²) in [4.78, 5) is 14.1. The van der Waals surface area contributed by atoms with Crippen LogP contribution in [0.15, 0.2) is 0 Å². The summed E-state index contributed by atoms with van der Waals surface area (Å²) in [5.41, 5.74) is -2.21. The van der Waals surface area contributed by atoms with Gasteiger partial charge in [-0.2, -0.15) is 0 Å². The maximum absolute atomic E-state index is 14.1. The number of carbonyl (C=O) groups excluding carboxylic acids is 1. The maximum Gasteiger partial charge on any atom is 0.753 e. The fraction of sp³-hybridized carbons (Fsp3) is 0.962. The van der Waals surface area contributed by atoms with E-state index in [2.05, 4.69) is 0 Å². The Morgan fingerprint density at radius 1 is 0.600 bits per heavy atom. The van der Waals surface area contributed by atoms with Gasteiger partial charge in [-0.15, -0.1) is 0 Å². The molecule has 0 N–H and O–H groups in total. The van der Waals surface area contributed by atoms with Gasteiger partial charge in [0.05, 0.1) is 35.1 Å². The topological polar surface area (TPSA) is 81.7 Å². The second-order valence-corrected chi connectivity index (χ2v) is 13.9. The van der Waals surface area contributed by atoms with Gasteiger partial charge in [-0.25, -0.2) is 4.79 Å². The lowest BCUT2D eigenvalue weighted by atomic mass is 10.2. The first-order valence-electron chi connectivity index (χ1n) is 13.0. The van der Waals surface area contributed by atoms with Crippen LogP contribution in [0.3, 0.4) is 0 Å². The molecule has 0 saturated heterocycles. The van der Waals surface area contributed by atoms with Gasteiger partial charge < -0.3 is 31.9 Å². The van der Waals surface area contributed by atoms with Crippen molar-refractivity contribution in [1.82, 2.24) is 0 Å². The van der Waals surface area contributed by atoms with Gasteiger partial charge in [-0.3, -0.25) is 0 Å². The van der Waals surface area contributed by atoms with Crippen molar-refractivity contribution in [2.45, 2.75) is 164 Å². The molecule has 210 valence electrons. The molecule has 0 aromatic carbocycles. The highest BCUT2D eigenvalue weighted by Gasteiger charge is 2.62. The molecule has 0 aliphatic heterocycles. The molecule has 8 nitrogen and oxygen atoms in total. The van der Waals surface area contributed by atoms with E-state index >= 15 is 0 Å². The lowest BCUT2D eigenvalue weighted by Gasteiger charge is -2.42. The molecule has 35 heavy (non-hydrogen) atoms. The quantitative estimate of drug-likeness (QED) is 0.189. The summed E-state index contributed by atoms with van der Waals surface area (Å²) in [6.07, 6.45) is 0.884. The molecule has 3 atom stereocenters. The third kappa shape index (κ3) is 13.5. The van der Waals surface area contributed by atoms with Crippen LogP contribution in [0.1, 0.15) is 123 Å². The normalized spacial score (nSPS) is 18.0. The Hall–Kier alpha value is -0.553. The van der Waals surface area contributed by atoms with Crippen molar-refractivity contribution in [2.24, 2.45) is 0 Å². The molecule has 0 fully saturated rings. The van der Waals surface area contributed by atoms with E-state index in [1.807, 2.05) is 104 Å². The predicted octanol–water partition coefficient (Wildman–Crippen LogP) is 6.51. The fourth-order valence-electron chi connectivity index (χ4n) is 2.70. The van der Waals surface area contributed by atoms with Gasteiger partial charge in [0.1, 0.15) is 0 Å². The second-order valence-electron chi connectivity index (χ2n) is 12.1. The van der Waals surface area contributed by atoms with Crippen LogP contribution in [-0.4, -0.2) is 56.1 Å². The number of ether oxygens (including phenoxy) is 3. The summed E-state index contributed by atoms with van der Waals surface area (Å²) in [7, 11) is -4.15. The van der Waals surface area contributed by atoms with Gasteiger partial charge in [0.2, 0.25) is 0 Å². The molecule has 0 amide bonds. The molecule has 0 bridgehead atoms. The van der Waals surface area contributed by atoms with Gasteiger partial charge in [-0.05, 0) is 102 Å². The van der Waals surface area contributed by atoms with Crippen molar-refractivity contribution in [3.8, 4) is 0 Å². The first-order chi connectivity index (χ1) is 15.6. The molecule has 0 aliphatic rings. The number of hydrogen-bond donors (Lipinski definition) is 0. The minimum absolute atomic E-state index is 0.345. The standard InChI is InChI=1S/C26H54O8Si/c1-16-19(4)28-26(29-20(5)17-2,30-21(6)18-3)22(27)31-35(32-23(7,8)9,33-24(10,11)12)34-25(13,14)15/h19-21H,16-18H2,1-15H3. The Morgan fingerprint density at radius 3 is 1.06 bits per heavy atom. The predicted molar refractivity (Wildman–Crippen MR) is 140 cm³/mol. The lowest BCUT2D eigenvalue weighted by molar-refractivity contribution is -0.395. The Balaban J connectivity index is 6.81. The second kappa shape index (κ2) is 13.3. The zero-order valence-corrected chi connectivity index (χ0v) is 26.1. The molecule has 0 heterocycles. The van der Waals surface area contributed by atoms with Gasteiger partial charge in [-0.1, -0.05) is 20.8 Å². The average molecular weight is 523 g/mol. The SMILES string of the molecule is CCC(C)OC(OC(C)CC)(OC(C)CC)C(=O)O[Si](OC(C)(C)C)(OC(C)(C)C)OC(C)(C)C. The minimum Gasteiger partial charge on any atom is -0.446 e. The Bertz CT molecular complexity index is 561. The zero-order chi connectivity index (χ0) is 27.9. The minimum atomic E-state index is -4.15. The molecule has 9 heteroatoms. The Kier molecular flexibility index (Phi) is 13.1. The smallest absolute Gasteiger partial charge is 0.446 e. The Morgan fingerprint density at radius 2 is 0.857 bits per heavy atom. The van der Waals surface area contributed by atoms with Gasteiger partial charge >= 0.3 is 21.0 Å². The fourth-order valence-corrected chi connectivity index (χ4v) is 5.55. The summed E-state index contributed by atoms with van der Waals surface area (Å²) < 4.78 is 43.6. The molecule has 0 aromatic rings. The molecule has 0 aromatic heterocycles. The molecule has 0 spiro atoms. The van der Waals surface area contributed by atoms with Crippen LogP contribution in [0, 0.1) is 0 Å². The van der Waals surface area contributed by atoms with Crippen molar-refractivity contribution >= 4 is 15.0 Å². The molecule has 0 saturated carbocycles. The van der Waals surface area contributed by atoms with E-state index in [-0.39, 0.29) is 18.3 Å². The third-order valence-corrected chi connectivity index (χ3v) is 7.58. The van der Waals surface area contributed by atoms with Gasteiger partial charge in [0.25, 0.3) is 0 Å². The van der Waals surface area contributed by atoms with Crippen LogP contribution in [0.2, 0.25) is 0 Å². The van der Waals surface area contributed by atoms with Crippen molar-refractivity contribution in [3.63, 3.8) is 0 Å². The van der Waals surface area contributed by atoms with E-state index in [0.717, 1.165) is 0 Å². The summed E-state index contributed by atoms with van der Waals surface area (Å²) in [6, 6.07) is 0. The molecule has 0 aliphatic carbocycles. The summed E-state index contributed by atoms with van der Waals surface area (Å²) in [5, 5.41) is 0. The molecule has 0 rings (SSSR count). The van der Waals surface area contributed by atoms with Crippen LogP contribution < -0.4 is 0 Å². The highest BCUT2D eigenvalue weighted by molar-refractivity contribution is 6.56. The molecule has 0 radical (unpaired) electrons. The van der Waals surface area contributed by atoms with Crippen molar-refractivity contribution in [1.29, 1.82) is 0 Å². The maximum atomic E-state index is 14.1. The van der Waals surface area contributed by atoms with Crippen LogP contribution in [-0.2, 0) is 36.7 Å². The van der Waals surface area contributed by atoms with E-state index < -0.39 is 37.8 Å². The first-order valence-corrected chi connectivity index (χ1v) is 14.6. The summed E-state index contributed by atoms with van der Waals surface area (Å²) in [6.45, 7) is 28.2. The highest BCUT2D eigenvalue weighted by Crippen LogP contribution is 2.34. The summed E-state index contributed by atoms with van der Waals surface area (Å²) in [5.74, 6) is -3.00. The van der Waals surface area contributed by atoms with Crippen LogP contribution in [0.5, 0.6) is 0 Å². The van der Waals surface area contributed by atoms with Gasteiger partial charge in [0.15, 0.2) is 0 Å². The summed E-state index contributed by atoms with van der Waals surface area (Å²) >= 11 is 0. The average Bonchev–Trinajstić information content (AvgIpc) is 2.62. The first kappa shape index (κ1) is 34.4. The van der Waals surface area contributed by atoms with Crippen molar-refractivity contribution < 1.29 is 36.7 Å². The van der Waals surface area contributed by atoms with Crippen LogP contribution in [0.4, 0.5) is 0 Å². The van der Waals surface area contributed by atoms with E-state index in [0.29, 0.717) is 19.3 Å². The third-order valence-electron chi connectivity index (χ3n) is 4.56. The zero-order valence-electron chi connectivity index (χ0n) is 25.1. The van der Waals surface area contributed by atoms with E-state index in [9.17, 15) is 4.79 Å². The monoisotopic (exact) mass is 522 g/mol. The molecule has 3 unspecified atom stereocenters. The van der Waals surface area contributed by atoms with E-state index in [4.69, 9.17) is 31.9 Å². The van der Waals surface area contributed by atoms with E-state index in [1.165, 1.54) is 0 Å². The van der Waals surface area contributed by atoms with E-state index in [1.54, 1.807) is 0 Å². The molecular formula is C26H54O8Si. The number of hydrogen-bond acceptors (Lipinski definition) is 8. The van der Waals surface area contributed by atoms with Crippen LogP contribution >= 0.6 is 0 Å². The van der Waals surface area contributed by atoms with Crippen LogP contribution in [0.25, 0.3) is 0 Å². The highest BCUT2D eigenvalue weighted by atomic mass is 28.4. The lowest BCUT2D eigenvalue weighted by Crippen LogP contribution is -2.64. The Labute approximate surface area is 216 Å². The number of rotatable bonds is 14. The van der Waals surface area contributed by atoms with Crippen molar-refractivity contribution in [2.75, 3.05) is 0 Å². The van der Waals surface area contributed by atoms with Crippen molar-refractivity contribution in [3.05, 3.63) is 0 Å². The molecular weight excluding hydrogens is 468 g/mol. The number of carbonyl (C=O) groups is 1. The largest absolute Gasteiger partial charge is 0.753 e.